The molecule has 0 spiro atoms. The molecule has 1 heterocycles. The van der Waals surface area contributed by atoms with Crippen LogP contribution in [0.15, 0.2) is 30.3 Å². The molecule has 1 aromatic carbocycles. The fraction of sp³-hybridized carbons (Fsp3) is 0.438. The predicted molar refractivity (Wildman–Crippen MR) is 80.6 cm³/mol. The van der Waals surface area contributed by atoms with Crippen molar-refractivity contribution in [3.05, 3.63) is 36.0 Å². The number of ether oxygens (including phenoxy) is 2. The molecule has 0 radical (unpaired) electrons. The maximum Gasteiger partial charge on any atom is 0.146 e. The molecule has 0 N–H and O–H groups in total. The summed E-state index contributed by atoms with van der Waals surface area (Å²) in [7, 11) is 0. The first kappa shape index (κ1) is 13.7. The van der Waals surface area contributed by atoms with E-state index in [0.717, 1.165) is 28.8 Å². The van der Waals surface area contributed by atoms with Gasteiger partial charge in [0.05, 0.1) is 5.38 Å². The van der Waals surface area contributed by atoms with Gasteiger partial charge >= 0.3 is 0 Å². The second-order valence-corrected chi connectivity index (χ2v) is 5.67. The topological polar surface area (TPSA) is 31.4 Å². The van der Waals surface area contributed by atoms with Crippen molar-refractivity contribution in [1.29, 1.82) is 0 Å². The number of nitrogens with zero attached hydrogens (tertiary/aromatic N) is 1. The fourth-order valence-electron chi connectivity index (χ4n) is 2.52. The predicted octanol–water partition coefficient (Wildman–Crippen LogP) is 3.71. The number of aryl methyl sites for hydroxylation is 1. The lowest BCUT2D eigenvalue weighted by Crippen LogP contribution is -2.52. The fourth-order valence-corrected chi connectivity index (χ4v) is 2.93. The van der Waals surface area contributed by atoms with E-state index in [4.69, 9.17) is 21.1 Å². The van der Waals surface area contributed by atoms with Crippen LogP contribution in [0.2, 0.25) is 0 Å². The van der Waals surface area contributed by atoms with E-state index in [-0.39, 0.29) is 17.6 Å². The van der Waals surface area contributed by atoms with Gasteiger partial charge in [0.1, 0.15) is 23.5 Å². The molecule has 3 unspecified atom stereocenters. The Morgan fingerprint density at radius 1 is 1.30 bits per heavy atom. The maximum absolute atomic E-state index is 6.18. The van der Waals surface area contributed by atoms with Crippen LogP contribution in [0.4, 0.5) is 0 Å². The molecule has 0 bridgehead atoms. The minimum atomic E-state index is -0.0262. The van der Waals surface area contributed by atoms with Gasteiger partial charge in [-0.25, -0.2) is 4.98 Å². The summed E-state index contributed by atoms with van der Waals surface area (Å²) in [5.74, 6) is 0.810. The number of rotatable bonds is 4. The molecule has 1 aliphatic rings. The Morgan fingerprint density at radius 2 is 2.15 bits per heavy atom. The van der Waals surface area contributed by atoms with Crippen molar-refractivity contribution >= 4 is 22.5 Å². The third-order valence-electron chi connectivity index (χ3n) is 3.64. The molecule has 1 aromatic heterocycles. The van der Waals surface area contributed by atoms with E-state index in [9.17, 15) is 0 Å². The number of para-hydroxylation sites is 1. The number of hydrogen-bond donors (Lipinski definition) is 0. The molecule has 3 rings (SSSR count). The second-order valence-electron chi connectivity index (χ2n) is 5.11. The largest absolute Gasteiger partial charge is 0.485 e. The zero-order chi connectivity index (χ0) is 14.1. The van der Waals surface area contributed by atoms with Crippen LogP contribution in [-0.2, 0) is 4.74 Å². The minimum absolute atomic E-state index is 0.0189. The van der Waals surface area contributed by atoms with Crippen molar-refractivity contribution in [2.45, 2.75) is 37.9 Å². The normalized spacial score (nSPS) is 25.4. The van der Waals surface area contributed by atoms with E-state index in [1.165, 1.54) is 0 Å². The van der Waals surface area contributed by atoms with Crippen LogP contribution in [0.5, 0.6) is 5.75 Å². The number of halogens is 1. The van der Waals surface area contributed by atoms with E-state index >= 15 is 0 Å². The first-order chi connectivity index (χ1) is 9.69. The van der Waals surface area contributed by atoms with Crippen LogP contribution < -0.4 is 4.74 Å². The smallest absolute Gasteiger partial charge is 0.146 e. The second kappa shape index (κ2) is 5.58. The first-order valence-electron chi connectivity index (χ1n) is 6.97. The Bertz CT molecular complexity index is 616. The average Bonchev–Trinajstić information content (AvgIpc) is 2.45. The van der Waals surface area contributed by atoms with Gasteiger partial charge in [-0.05, 0) is 26.0 Å². The molecule has 0 amide bonds. The van der Waals surface area contributed by atoms with E-state index in [1.807, 2.05) is 38.1 Å². The van der Waals surface area contributed by atoms with Crippen molar-refractivity contribution in [3.8, 4) is 5.75 Å². The molecule has 20 heavy (non-hydrogen) atoms. The lowest BCUT2D eigenvalue weighted by atomic mass is 9.91. The highest BCUT2D eigenvalue weighted by atomic mass is 35.5. The van der Waals surface area contributed by atoms with Gasteiger partial charge in [-0.15, -0.1) is 11.6 Å². The summed E-state index contributed by atoms with van der Waals surface area (Å²) < 4.78 is 11.7. The van der Waals surface area contributed by atoms with Crippen LogP contribution in [0.25, 0.3) is 10.9 Å². The SMILES string of the molecule is CCOC1C(Cl)CC1Oc1cccc2ccc(C)nc12. The summed E-state index contributed by atoms with van der Waals surface area (Å²) in [6.45, 7) is 4.61. The van der Waals surface area contributed by atoms with Gasteiger partial charge in [0, 0.05) is 24.1 Å². The standard InChI is InChI=1S/C16H18ClNO2/c1-3-19-16-12(17)9-14(16)20-13-6-4-5-11-8-7-10(2)18-15(11)13/h4-8,12,14,16H,3,9H2,1-2H3. The molecule has 1 fully saturated rings. The summed E-state index contributed by atoms with van der Waals surface area (Å²) in [6.07, 6.45) is 0.807. The van der Waals surface area contributed by atoms with Crippen LogP contribution in [0.3, 0.4) is 0 Å². The van der Waals surface area contributed by atoms with Crippen LogP contribution in [0.1, 0.15) is 19.0 Å². The first-order valence-corrected chi connectivity index (χ1v) is 7.41. The van der Waals surface area contributed by atoms with Gasteiger partial charge < -0.3 is 9.47 Å². The molecular weight excluding hydrogens is 274 g/mol. The van der Waals surface area contributed by atoms with E-state index < -0.39 is 0 Å². The average molecular weight is 292 g/mol. The summed E-state index contributed by atoms with van der Waals surface area (Å²) in [5, 5.41) is 1.13. The highest BCUT2D eigenvalue weighted by molar-refractivity contribution is 6.21. The number of fused-ring (bicyclic) bond motifs is 1. The molecule has 1 saturated carbocycles. The van der Waals surface area contributed by atoms with Gasteiger partial charge in [0.15, 0.2) is 0 Å². The lowest BCUT2D eigenvalue weighted by molar-refractivity contribution is -0.0755. The van der Waals surface area contributed by atoms with Crippen molar-refractivity contribution in [2.24, 2.45) is 0 Å². The van der Waals surface area contributed by atoms with Crippen molar-refractivity contribution in [3.63, 3.8) is 0 Å². The van der Waals surface area contributed by atoms with Gasteiger partial charge in [-0.2, -0.15) is 0 Å². The molecule has 106 valence electrons. The van der Waals surface area contributed by atoms with E-state index in [1.54, 1.807) is 0 Å². The molecule has 3 atom stereocenters. The highest BCUT2D eigenvalue weighted by Gasteiger charge is 2.42. The number of pyridine rings is 1. The Kier molecular flexibility index (Phi) is 3.81. The third-order valence-corrected chi connectivity index (χ3v) is 4.07. The number of aromatic nitrogens is 1. The van der Waals surface area contributed by atoms with Crippen LogP contribution in [0, 0.1) is 6.92 Å². The van der Waals surface area contributed by atoms with Crippen molar-refractivity contribution in [2.75, 3.05) is 6.61 Å². The lowest BCUT2D eigenvalue weighted by Gasteiger charge is -2.40. The summed E-state index contributed by atoms with van der Waals surface area (Å²) in [5.41, 5.74) is 1.89. The Morgan fingerprint density at radius 3 is 2.90 bits per heavy atom. The Balaban J connectivity index is 1.86. The van der Waals surface area contributed by atoms with E-state index in [2.05, 4.69) is 11.1 Å². The Labute approximate surface area is 123 Å². The van der Waals surface area contributed by atoms with Gasteiger partial charge in [0.25, 0.3) is 0 Å². The molecule has 2 aromatic rings. The molecule has 1 aliphatic carbocycles. The maximum atomic E-state index is 6.18. The minimum Gasteiger partial charge on any atom is -0.485 e. The van der Waals surface area contributed by atoms with Crippen molar-refractivity contribution in [1.82, 2.24) is 4.98 Å². The number of benzene rings is 1. The summed E-state index contributed by atoms with van der Waals surface area (Å²) >= 11 is 6.18. The molecule has 4 heteroatoms. The molecular formula is C16H18ClNO2. The van der Waals surface area contributed by atoms with Gasteiger partial charge in [-0.3, -0.25) is 0 Å². The van der Waals surface area contributed by atoms with Crippen LogP contribution in [-0.4, -0.2) is 29.2 Å². The molecule has 0 aliphatic heterocycles. The highest BCUT2D eigenvalue weighted by Crippen LogP contribution is 2.35. The van der Waals surface area contributed by atoms with Gasteiger partial charge in [0.2, 0.25) is 0 Å². The summed E-state index contributed by atoms with van der Waals surface area (Å²) in [6, 6.07) is 10.1. The van der Waals surface area contributed by atoms with Crippen molar-refractivity contribution < 1.29 is 9.47 Å². The van der Waals surface area contributed by atoms with Gasteiger partial charge in [-0.1, -0.05) is 18.2 Å². The zero-order valence-corrected chi connectivity index (χ0v) is 12.4. The van der Waals surface area contributed by atoms with Crippen LogP contribution >= 0.6 is 11.6 Å². The molecule has 3 nitrogen and oxygen atoms in total. The number of alkyl halides is 1. The van der Waals surface area contributed by atoms with E-state index in [0.29, 0.717) is 6.61 Å². The molecule has 0 saturated heterocycles. The Hall–Kier alpha value is -1.32. The number of hydrogen-bond acceptors (Lipinski definition) is 3. The summed E-state index contributed by atoms with van der Waals surface area (Å²) in [4.78, 5) is 4.58. The zero-order valence-electron chi connectivity index (χ0n) is 11.7. The quantitative estimate of drug-likeness (QED) is 0.805. The monoisotopic (exact) mass is 291 g/mol. The third kappa shape index (κ3) is 2.48.